The molecular weight excluding hydrogens is 532 g/mol. The Balaban J connectivity index is 1.25. The summed E-state index contributed by atoms with van der Waals surface area (Å²) in [6.07, 6.45) is 6.07. The van der Waals surface area contributed by atoms with Gasteiger partial charge in [-0.3, -0.25) is 19.4 Å². The monoisotopic (exact) mass is 568 g/mol. The van der Waals surface area contributed by atoms with Crippen LogP contribution in [0.3, 0.4) is 0 Å². The number of aryl methyl sites for hydroxylation is 1. The van der Waals surface area contributed by atoms with Crippen molar-refractivity contribution in [1.29, 1.82) is 0 Å². The Bertz CT molecular complexity index is 1310. The number of nitrogens with zero attached hydrogens (tertiary/aromatic N) is 6. The van der Waals surface area contributed by atoms with Gasteiger partial charge in [0.25, 0.3) is 0 Å². The average molecular weight is 569 g/mol. The average Bonchev–Trinajstić information content (AvgIpc) is 3.63. The van der Waals surface area contributed by atoms with E-state index in [0.717, 1.165) is 54.1 Å². The van der Waals surface area contributed by atoms with Gasteiger partial charge >= 0.3 is 5.97 Å². The van der Waals surface area contributed by atoms with Crippen LogP contribution in [-0.2, 0) is 17.8 Å². The minimum Gasteiger partial charge on any atom is -0.481 e. The van der Waals surface area contributed by atoms with Crippen molar-refractivity contribution in [2.45, 2.75) is 65.1 Å². The van der Waals surface area contributed by atoms with Crippen LogP contribution < -0.4 is 4.90 Å². The molecule has 1 N–H and O–H groups in total. The van der Waals surface area contributed by atoms with Crippen LogP contribution in [-0.4, -0.2) is 86.4 Å². The molecule has 0 radical (unpaired) electrons. The summed E-state index contributed by atoms with van der Waals surface area (Å²) in [5, 5.41) is 11.9. The summed E-state index contributed by atoms with van der Waals surface area (Å²) in [4.78, 5) is 47.3. The Labute approximate surface area is 237 Å². The molecule has 0 aliphatic carbocycles. The number of hydrogen-bond donors (Lipinski definition) is 1. The van der Waals surface area contributed by atoms with Crippen molar-refractivity contribution in [2.75, 3.05) is 37.6 Å². The Morgan fingerprint density at radius 1 is 1.13 bits per heavy atom. The molecule has 0 aromatic carbocycles. The summed E-state index contributed by atoms with van der Waals surface area (Å²) in [6, 6.07) is 2.92. The van der Waals surface area contributed by atoms with E-state index in [9.17, 15) is 9.59 Å². The first-order valence-corrected chi connectivity index (χ1v) is 15.3. The fraction of sp³-hybridized carbons (Fsp3) is 0.536. The van der Waals surface area contributed by atoms with Gasteiger partial charge in [0.1, 0.15) is 16.5 Å². The highest BCUT2D eigenvalue weighted by atomic mass is 32.1. The van der Waals surface area contributed by atoms with Crippen LogP contribution in [0.1, 0.15) is 59.0 Å². The number of thiophene rings is 1. The molecule has 39 heavy (non-hydrogen) atoms. The van der Waals surface area contributed by atoms with E-state index in [0.29, 0.717) is 18.3 Å². The van der Waals surface area contributed by atoms with E-state index in [1.807, 2.05) is 0 Å². The molecule has 11 heteroatoms. The predicted octanol–water partition coefficient (Wildman–Crippen LogP) is 4.36. The van der Waals surface area contributed by atoms with Gasteiger partial charge in [-0.05, 0) is 57.2 Å². The molecule has 3 aromatic rings. The number of likely N-dealkylation sites (tertiary alicyclic amines) is 1. The number of carboxylic acids is 1. The van der Waals surface area contributed by atoms with Crippen molar-refractivity contribution in [3.63, 3.8) is 0 Å². The van der Waals surface area contributed by atoms with Crippen molar-refractivity contribution >= 4 is 40.2 Å². The zero-order chi connectivity index (χ0) is 27.5. The summed E-state index contributed by atoms with van der Waals surface area (Å²) in [5.74, 6) is -0.114. The number of hydrogen-bond acceptors (Lipinski definition) is 10. The lowest BCUT2D eigenvalue weighted by Gasteiger charge is -2.40. The number of aliphatic carboxylic acids is 1. The lowest BCUT2D eigenvalue weighted by atomic mass is 10.2. The standard InChI is InChI=1S/C28H36N6O3S2/c1-18-11-23(38-17-18)28-24(16-33-7-4-5-19(33)2)39-26(31-28)12-22(35)21-13-30-25(14-29-21)34-10-9-32(15-20(34)3)8-6-27(36)37/h11,13-14,17,19-20H,4-10,12,15-16H2,1-3H3,(H,36,37)/t19-,20-/m1/s1. The number of Topliss-reactive ketones (excluding diaryl/α,β-unsaturated/α-hetero) is 1. The normalized spacial score (nSPS) is 20.5. The number of carbonyl (C=O) groups excluding carboxylic acids is 1. The van der Waals surface area contributed by atoms with Crippen LogP contribution in [0.25, 0.3) is 10.6 Å². The Hall–Kier alpha value is -2.73. The van der Waals surface area contributed by atoms with E-state index in [1.165, 1.54) is 23.3 Å². The van der Waals surface area contributed by atoms with Crippen LogP contribution in [0.15, 0.2) is 23.8 Å². The van der Waals surface area contributed by atoms with Gasteiger partial charge in [-0.15, -0.1) is 22.7 Å². The maximum Gasteiger partial charge on any atom is 0.304 e. The van der Waals surface area contributed by atoms with E-state index < -0.39 is 5.97 Å². The van der Waals surface area contributed by atoms with Crippen LogP contribution >= 0.6 is 22.7 Å². The highest BCUT2D eigenvalue weighted by molar-refractivity contribution is 7.15. The summed E-state index contributed by atoms with van der Waals surface area (Å²) < 4.78 is 0. The van der Waals surface area contributed by atoms with E-state index >= 15 is 0 Å². The Morgan fingerprint density at radius 2 is 1.97 bits per heavy atom. The fourth-order valence-corrected chi connectivity index (χ4v) is 7.50. The quantitative estimate of drug-likeness (QED) is 0.357. The second kappa shape index (κ2) is 12.2. The molecule has 5 heterocycles. The molecule has 5 rings (SSSR count). The molecule has 0 unspecified atom stereocenters. The van der Waals surface area contributed by atoms with Gasteiger partial charge in [0, 0.05) is 49.7 Å². The lowest BCUT2D eigenvalue weighted by molar-refractivity contribution is -0.137. The largest absolute Gasteiger partial charge is 0.481 e. The van der Waals surface area contributed by atoms with E-state index in [4.69, 9.17) is 10.1 Å². The number of anilines is 1. The minimum absolute atomic E-state index is 0.0793. The number of ketones is 1. The number of piperazine rings is 1. The molecule has 2 aliphatic rings. The van der Waals surface area contributed by atoms with Crippen LogP contribution in [0.5, 0.6) is 0 Å². The molecule has 2 saturated heterocycles. The summed E-state index contributed by atoms with van der Waals surface area (Å²) in [7, 11) is 0. The van der Waals surface area contributed by atoms with E-state index in [1.54, 1.807) is 35.1 Å². The number of thiazole rings is 1. The van der Waals surface area contributed by atoms with Gasteiger partial charge in [0.05, 0.1) is 35.8 Å². The van der Waals surface area contributed by atoms with Gasteiger partial charge in [0.15, 0.2) is 5.78 Å². The number of rotatable bonds is 10. The molecular formula is C28H36N6O3S2. The zero-order valence-corrected chi connectivity index (χ0v) is 24.4. The van der Waals surface area contributed by atoms with Gasteiger partial charge in [0.2, 0.25) is 0 Å². The molecule has 208 valence electrons. The van der Waals surface area contributed by atoms with Crippen molar-refractivity contribution in [3.8, 4) is 10.6 Å². The maximum absolute atomic E-state index is 13.2. The predicted molar refractivity (Wildman–Crippen MR) is 155 cm³/mol. The lowest BCUT2D eigenvalue weighted by Crippen LogP contribution is -2.52. The smallest absolute Gasteiger partial charge is 0.304 e. The molecule has 0 spiro atoms. The van der Waals surface area contributed by atoms with E-state index in [2.05, 4.69) is 56.9 Å². The first-order valence-electron chi connectivity index (χ1n) is 13.6. The third-order valence-electron chi connectivity index (χ3n) is 7.63. The highest BCUT2D eigenvalue weighted by Crippen LogP contribution is 2.35. The minimum atomic E-state index is -0.774. The Morgan fingerprint density at radius 3 is 2.62 bits per heavy atom. The van der Waals surface area contributed by atoms with Crippen molar-refractivity contribution < 1.29 is 14.7 Å². The molecule has 9 nitrogen and oxygen atoms in total. The molecule has 3 aromatic heterocycles. The van der Waals surface area contributed by atoms with Crippen molar-refractivity contribution in [3.05, 3.63) is 45.0 Å². The third-order valence-corrected chi connectivity index (χ3v) is 9.72. The van der Waals surface area contributed by atoms with Crippen molar-refractivity contribution in [2.24, 2.45) is 0 Å². The SMILES string of the molecule is Cc1csc(-c2nc(CC(=O)c3cnc(N4CCN(CCC(=O)O)C[C@H]4C)cn3)sc2CN2CCC[C@H]2C)c1. The first kappa shape index (κ1) is 27.8. The van der Waals surface area contributed by atoms with Crippen LogP contribution in [0, 0.1) is 6.92 Å². The zero-order valence-electron chi connectivity index (χ0n) is 22.8. The third kappa shape index (κ3) is 6.71. The first-order chi connectivity index (χ1) is 18.8. The molecule has 2 fully saturated rings. The number of aromatic nitrogens is 3. The fourth-order valence-electron chi connectivity index (χ4n) is 5.41. The molecule has 0 bridgehead atoms. The van der Waals surface area contributed by atoms with Gasteiger partial charge < -0.3 is 10.0 Å². The number of carboxylic acid groups (broad SMARTS) is 1. The van der Waals surface area contributed by atoms with Crippen LogP contribution in [0.4, 0.5) is 5.82 Å². The topological polar surface area (TPSA) is 103 Å². The second-order valence-corrected chi connectivity index (χ2v) is 12.8. The molecule has 0 saturated carbocycles. The van der Waals surface area contributed by atoms with Gasteiger partial charge in [-0.1, -0.05) is 0 Å². The van der Waals surface area contributed by atoms with Crippen molar-refractivity contribution in [1.82, 2.24) is 24.8 Å². The number of carbonyl (C=O) groups is 2. The summed E-state index contributed by atoms with van der Waals surface area (Å²) in [5.41, 5.74) is 2.59. The summed E-state index contributed by atoms with van der Waals surface area (Å²) in [6.45, 7) is 11.3. The van der Waals surface area contributed by atoms with Crippen LogP contribution in [0.2, 0.25) is 0 Å². The van der Waals surface area contributed by atoms with E-state index in [-0.39, 0.29) is 24.7 Å². The molecule has 2 aliphatic heterocycles. The Kier molecular flexibility index (Phi) is 8.70. The molecule has 2 atom stereocenters. The maximum atomic E-state index is 13.2. The summed E-state index contributed by atoms with van der Waals surface area (Å²) >= 11 is 3.35. The van der Waals surface area contributed by atoms with Gasteiger partial charge in [-0.25, -0.2) is 15.0 Å². The second-order valence-electron chi connectivity index (χ2n) is 10.7. The highest BCUT2D eigenvalue weighted by Gasteiger charge is 2.27. The van der Waals surface area contributed by atoms with Gasteiger partial charge in [-0.2, -0.15) is 0 Å². The molecule has 0 amide bonds.